The van der Waals surface area contributed by atoms with Gasteiger partial charge in [0.2, 0.25) is 0 Å². The van der Waals surface area contributed by atoms with E-state index < -0.39 is 18.3 Å². The standard InChI is InChI=1S/3CH4N2O2.Li.Ni.2H2O/c3*2-3-1(4)5;;;;/h3*3H,2H2,(H,4,5);;;2*1H2/q;;;+1;+2;;/p-3. The minimum absolute atomic E-state index is 0. The van der Waals surface area contributed by atoms with Crippen LogP contribution in [0.2, 0.25) is 0 Å². The van der Waals surface area contributed by atoms with Crippen LogP contribution in [0.3, 0.4) is 0 Å². The van der Waals surface area contributed by atoms with Gasteiger partial charge in [-0.15, -0.1) is 0 Å². The summed E-state index contributed by atoms with van der Waals surface area (Å²) in [4.78, 5) is 27.1. The summed E-state index contributed by atoms with van der Waals surface area (Å²) in [6, 6.07) is 0. The summed E-state index contributed by atoms with van der Waals surface area (Å²) in [6.07, 6.45) is -4.40. The van der Waals surface area contributed by atoms with E-state index in [-0.39, 0.29) is 46.3 Å². The smallest absolute Gasteiger partial charge is 0.529 e. The van der Waals surface area contributed by atoms with E-state index in [1.165, 1.54) is 16.3 Å². The van der Waals surface area contributed by atoms with Crippen molar-refractivity contribution in [1.29, 1.82) is 0 Å². The number of hydrazine groups is 3. The van der Waals surface area contributed by atoms with E-state index in [4.69, 9.17) is 29.7 Å². The van der Waals surface area contributed by atoms with Crippen LogP contribution in [0.15, 0.2) is 0 Å². The molecule has 14 nitrogen and oxygen atoms in total. The predicted molar refractivity (Wildman–Crippen MR) is 45.4 cm³/mol. The van der Waals surface area contributed by atoms with Gasteiger partial charge < -0.3 is 56.9 Å². The van der Waals surface area contributed by atoms with Crippen molar-refractivity contribution in [1.82, 2.24) is 16.3 Å². The number of rotatable bonds is 0. The van der Waals surface area contributed by atoms with Crippen LogP contribution < -0.4 is 68.0 Å². The van der Waals surface area contributed by atoms with E-state index in [1.807, 2.05) is 0 Å². The first-order chi connectivity index (χ1) is 6.81. The van der Waals surface area contributed by atoms with E-state index >= 15 is 0 Å². The molecule has 3 amide bonds. The molecule has 0 saturated carbocycles. The number of nitrogens with two attached hydrogens (primary N) is 3. The number of carboxylic acid groups (broad SMARTS) is 3. The van der Waals surface area contributed by atoms with E-state index in [0.717, 1.165) is 0 Å². The summed E-state index contributed by atoms with van der Waals surface area (Å²) in [5.41, 5.74) is 4.00. The molecule has 0 bridgehead atoms. The van der Waals surface area contributed by atoms with Crippen LogP contribution in [0.1, 0.15) is 0 Å². The van der Waals surface area contributed by atoms with Crippen molar-refractivity contribution in [3.05, 3.63) is 0 Å². The van der Waals surface area contributed by atoms with Crippen LogP contribution >= 0.6 is 0 Å². The Balaban J connectivity index is -0.0000000206. The Labute approximate surface area is 128 Å². The number of nitrogens with one attached hydrogen (secondary N) is 3. The largest absolute Gasteiger partial charge is 2.00 e. The molecule has 0 spiro atoms. The van der Waals surface area contributed by atoms with Crippen molar-refractivity contribution in [2.24, 2.45) is 17.5 Å². The molecule has 0 aliphatic rings. The van der Waals surface area contributed by atoms with Gasteiger partial charge >= 0.3 is 35.4 Å². The van der Waals surface area contributed by atoms with E-state index in [0.29, 0.717) is 0 Å². The number of hydrogen-bond acceptors (Lipinski definition) is 9. The average Bonchev–Trinajstić information content (AvgIpc) is 2.19. The van der Waals surface area contributed by atoms with E-state index in [9.17, 15) is 0 Å². The molecule has 0 aliphatic heterocycles. The van der Waals surface area contributed by atoms with Crippen molar-refractivity contribution in [3.8, 4) is 0 Å². The third-order valence-electron chi connectivity index (χ3n) is 0.354. The third kappa shape index (κ3) is 163. The maximum atomic E-state index is 9.02. The van der Waals surface area contributed by atoms with Crippen molar-refractivity contribution in [2.45, 2.75) is 0 Å². The maximum Gasteiger partial charge on any atom is 2.00 e. The molecule has 13 N–H and O–H groups in total. The van der Waals surface area contributed by atoms with Crippen molar-refractivity contribution in [3.63, 3.8) is 0 Å². The molecule has 0 radical (unpaired) electrons. The Morgan fingerprint density at radius 1 is 0.684 bits per heavy atom. The topological polar surface area (TPSA) is 298 Å². The zero-order valence-corrected chi connectivity index (χ0v) is 10.5. The normalized spacial score (nSPS) is 5.21. The quantitative estimate of drug-likeness (QED) is 0.106. The summed E-state index contributed by atoms with van der Waals surface area (Å²) in [5.74, 6) is 12.8. The van der Waals surface area contributed by atoms with Gasteiger partial charge in [-0.05, 0) is 0 Å². The molecule has 0 heterocycles. The monoisotopic (exact) mass is 326 g/mol. The van der Waals surface area contributed by atoms with Crippen molar-refractivity contribution < 1.29 is 76.0 Å². The molecule has 0 unspecified atom stereocenters. The summed E-state index contributed by atoms with van der Waals surface area (Å²) in [5, 5.41) is 27.1. The summed E-state index contributed by atoms with van der Waals surface area (Å²) in [7, 11) is 0. The Morgan fingerprint density at radius 2 is 0.737 bits per heavy atom. The molecule has 0 atom stereocenters. The van der Waals surface area contributed by atoms with E-state index in [1.54, 1.807) is 0 Å². The molecule has 0 rings (SSSR count). The SMILES string of the molecule is NNC(=O)[O-].NNC(=O)[O-].NNC(=O)[O-].O.O.[Li+].[Ni+2]. The van der Waals surface area contributed by atoms with Crippen LogP contribution in [0.4, 0.5) is 14.4 Å². The number of hydrogen-bond donors (Lipinski definition) is 6. The predicted octanol–water partition coefficient (Wildman–Crippen LogP) is -11.3. The molecular formula is C3H13LiN6NiO8. The molecule has 0 aromatic rings. The van der Waals surface area contributed by atoms with Crippen LogP contribution in [-0.2, 0) is 16.5 Å². The van der Waals surface area contributed by atoms with Gasteiger partial charge in [-0.1, -0.05) is 0 Å². The van der Waals surface area contributed by atoms with Crippen molar-refractivity contribution >= 4 is 18.3 Å². The Hall–Kier alpha value is -1.30. The van der Waals surface area contributed by atoms with E-state index in [2.05, 4.69) is 17.5 Å². The molecule has 0 saturated heterocycles. The van der Waals surface area contributed by atoms with Gasteiger partial charge in [-0.2, -0.15) is 0 Å². The maximum absolute atomic E-state index is 9.02. The second-order valence-corrected chi connectivity index (χ2v) is 1.30. The molecule has 114 valence electrons. The fourth-order valence-corrected chi connectivity index (χ4v) is 0. The Kier molecular flexibility index (Phi) is 81.6. The minimum Gasteiger partial charge on any atom is -0.529 e. The molecule has 0 aromatic heterocycles. The van der Waals surface area contributed by atoms with Gasteiger partial charge in [0.25, 0.3) is 0 Å². The number of carbonyl (C=O) groups excluding carboxylic acids is 3. The molecule has 0 aliphatic carbocycles. The van der Waals surface area contributed by atoms with Crippen LogP contribution in [-0.4, -0.2) is 29.2 Å². The summed E-state index contributed by atoms with van der Waals surface area (Å²) in [6.45, 7) is 0. The first kappa shape index (κ1) is 43.1. The second-order valence-electron chi connectivity index (χ2n) is 1.30. The number of amides is 3. The fourth-order valence-electron chi connectivity index (χ4n) is 0. The van der Waals surface area contributed by atoms with Crippen LogP contribution in [0, 0.1) is 0 Å². The molecule has 0 aromatic carbocycles. The second kappa shape index (κ2) is 36.0. The summed E-state index contributed by atoms with van der Waals surface area (Å²) < 4.78 is 0. The minimum atomic E-state index is -1.47. The number of carbonyl (C=O) groups is 3. The third-order valence-corrected chi connectivity index (χ3v) is 0.354. The molecule has 19 heavy (non-hydrogen) atoms. The van der Waals surface area contributed by atoms with Crippen LogP contribution in [0.5, 0.6) is 0 Å². The zero-order valence-electron chi connectivity index (χ0n) is 9.50. The zero-order chi connectivity index (χ0) is 12.9. The first-order valence-corrected chi connectivity index (χ1v) is 2.84. The average molecular weight is 327 g/mol. The molecular weight excluding hydrogens is 314 g/mol. The first-order valence-electron chi connectivity index (χ1n) is 2.84. The Bertz CT molecular complexity index is 176. The van der Waals surface area contributed by atoms with Gasteiger partial charge in [-0.25, -0.2) is 17.5 Å². The Morgan fingerprint density at radius 3 is 0.737 bits per heavy atom. The van der Waals surface area contributed by atoms with Gasteiger partial charge in [-0.3, -0.25) is 0 Å². The van der Waals surface area contributed by atoms with Crippen LogP contribution in [0.25, 0.3) is 0 Å². The van der Waals surface area contributed by atoms with Gasteiger partial charge in [0.1, 0.15) is 18.3 Å². The van der Waals surface area contributed by atoms with Gasteiger partial charge in [0, 0.05) is 0 Å². The van der Waals surface area contributed by atoms with Crippen molar-refractivity contribution in [2.75, 3.05) is 0 Å². The molecule has 0 fully saturated rings. The summed E-state index contributed by atoms with van der Waals surface area (Å²) >= 11 is 0. The molecule has 16 heteroatoms. The van der Waals surface area contributed by atoms with Gasteiger partial charge in [0.05, 0.1) is 0 Å². The fraction of sp³-hybridized carbons (Fsp3) is 0. The van der Waals surface area contributed by atoms with Gasteiger partial charge in [0.15, 0.2) is 0 Å².